The van der Waals surface area contributed by atoms with Crippen LogP contribution in [0.1, 0.15) is 74.5 Å². The number of amides is 2. The van der Waals surface area contributed by atoms with E-state index in [4.69, 9.17) is 0 Å². The van der Waals surface area contributed by atoms with Gasteiger partial charge in [-0.05, 0) is 52.2 Å². The Kier molecular flexibility index (Phi) is 6.70. The lowest BCUT2D eigenvalue weighted by Crippen LogP contribution is -2.47. The van der Waals surface area contributed by atoms with E-state index in [1.54, 1.807) is 6.20 Å². The van der Waals surface area contributed by atoms with Crippen LogP contribution in [0, 0.1) is 13.8 Å². The van der Waals surface area contributed by atoms with Gasteiger partial charge >= 0.3 is 6.03 Å². The molecule has 0 spiro atoms. The van der Waals surface area contributed by atoms with Gasteiger partial charge in [-0.25, -0.2) is 4.79 Å². The Balaban J connectivity index is 1.77. The highest BCUT2D eigenvalue weighted by molar-refractivity contribution is 5.75. The maximum atomic E-state index is 13.3. The summed E-state index contributed by atoms with van der Waals surface area (Å²) in [6, 6.07) is 4.20. The third-order valence-corrected chi connectivity index (χ3v) is 5.86. The molecule has 0 aliphatic heterocycles. The number of carbonyl (C=O) groups is 1. The van der Waals surface area contributed by atoms with Gasteiger partial charge in [0.2, 0.25) is 0 Å². The highest BCUT2D eigenvalue weighted by atomic mass is 16.2. The number of pyridine rings is 1. The number of carbonyl (C=O) groups excluding carboxylic acids is 1. The fraction of sp³-hybridized carbons (Fsp3) is 0.591. The van der Waals surface area contributed by atoms with Gasteiger partial charge in [-0.2, -0.15) is 5.10 Å². The first-order chi connectivity index (χ1) is 13.5. The second-order valence-corrected chi connectivity index (χ2v) is 7.85. The number of rotatable bonds is 6. The molecule has 6 nitrogen and oxygen atoms in total. The number of nitrogens with zero attached hydrogens (tertiary/aromatic N) is 4. The molecule has 3 rings (SSSR count). The van der Waals surface area contributed by atoms with Gasteiger partial charge in [0.05, 0.1) is 11.7 Å². The van der Waals surface area contributed by atoms with Crippen LogP contribution in [0.15, 0.2) is 24.5 Å². The molecule has 2 aromatic heterocycles. The average Bonchev–Trinajstić information content (AvgIpc) is 3.00. The average molecular weight is 384 g/mol. The van der Waals surface area contributed by atoms with Gasteiger partial charge in [-0.3, -0.25) is 9.67 Å². The third kappa shape index (κ3) is 4.54. The topological polar surface area (TPSA) is 63.1 Å². The number of hydrogen-bond donors (Lipinski definition) is 1. The van der Waals surface area contributed by atoms with Gasteiger partial charge in [-0.1, -0.05) is 25.3 Å². The summed E-state index contributed by atoms with van der Waals surface area (Å²) in [4.78, 5) is 19.5. The molecule has 0 radical (unpaired) electrons. The molecule has 0 aromatic carbocycles. The molecule has 2 aromatic rings. The highest BCUT2D eigenvalue weighted by Crippen LogP contribution is 2.26. The van der Waals surface area contributed by atoms with Crippen LogP contribution in [0.2, 0.25) is 0 Å². The summed E-state index contributed by atoms with van der Waals surface area (Å²) >= 11 is 0. The van der Waals surface area contributed by atoms with Gasteiger partial charge in [0.25, 0.3) is 0 Å². The minimum Gasteiger partial charge on any atom is -0.331 e. The first kappa shape index (κ1) is 20.4. The zero-order chi connectivity index (χ0) is 20.1. The van der Waals surface area contributed by atoms with E-state index >= 15 is 0 Å². The van der Waals surface area contributed by atoms with E-state index in [0.717, 1.165) is 41.9 Å². The van der Waals surface area contributed by atoms with Crippen molar-refractivity contribution in [2.24, 2.45) is 0 Å². The maximum absolute atomic E-state index is 13.3. The molecular weight excluding hydrogens is 350 g/mol. The zero-order valence-electron chi connectivity index (χ0n) is 17.6. The molecule has 152 valence electrons. The van der Waals surface area contributed by atoms with E-state index in [2.05, 4.69) is 36.2 Å². The van der Waals surface area contributed by atoms with Crippen molar-refractivity contribution in [3.05, 3.63) is 47.0 Å². The molecule has 0 saturated heterocycles. The van der Waals surface area contributed by atoms with Gasteiger partial charge in [-0.15, -0.1) is 0 Å². The Morgan fingerprint density at radius 3 is 2.68 bits per heavy atom. The number of nitrogens with one attached hydrogen (secondary N) is 1. The van der Waals surface area contributed by atoms with Gasteiger partial charge in [0.1, 0.15) is 0 Å². The van der Waals surface area contributed by atoms with Crippen LogP contribution in [0.3, 0.4) is 0 Å². The van der Waals surface area contributed by atoms with Crippen molar-refractivity contribution >= 4 is 6.03 Å². The molecular formula is C22H33N5O. The van der Waals surface area contributed by atoms with E-state index in [-0.39, 0.29) is 12.1 Å². The third-order valence-electron chi connectivity index (χ3n) is 5.86. The monoisotopic (exact) mass is 383 g/mol. The van der Waals surface area contributed by atoms with Crippen molar-refractivity contribution in [1.82, 2.24) is 25.0 Å². The van der Waals surface area contributed by atoms with Crippen LogP contribution in [0.25, 0.3) is 0 Å². The lowest BCUT2D eigenvalue weighted by Gasteiger charge is -2.35. The van der Waals surface area contributed by atoms with Crippen molar-refractivity contribution < 1.29 is 4.79 Å². The van der Waals surface area contributed by atoms with Gasteiger partial charge in [0.15, 0.2) is 0 Å². The molecule has 1 atom stereocenters. The van der Waals surface area contributed by atoms with Crippen LogP contribution in [-0.4, -0.2) is 31.7 Å². The molecule has 0 unspecified atom stereocenters. The summed E-state index contributed by atoms with van der Waals surface area (Å²) in [5.41, 5.74) is 4.31. The molecule has 1 aliphatic carbocycles. The van der Waals surface area contributed by atoms with E-state index in [9.17, 15) is 4.79 Å². The Morgan fingerprint density at radius 2 is 2.07 bits per heavy atom. The van der Waals surface area contributed by atoms with E-state index < -0.39 is 0 Å². The zero-order valence-corrected chi connectivity index (χ0v) is 17.6. The summed E-state index contributed by atoms with van der Waals surface area (Å²) in [6.45, 7) is 9.68. The van der Waals surface area contributed by atoms with Gasteiger partial charge in [0, 0.05) is 42.8 Å². The predicted octanol–water partition coefficient (Wildman–Crippen LogP) is 4.52. The van der Waals surface area contributed by atoms with Gasteiger partial charge < -0.3 is 10.2 Å². The summed E-state index contributed by atoms with van der Waals surface area (Å²) in [7, 11) is 0. The number of hydrogen-bond acceptors (Lipinski definition) is 3. The maximum Gasteiger partial charge on any atom is 0.318 e. The molecule has 2 heterocycles. The van der Waals surface area contributed by atoms with E-state index in [1.165, 1.54) is 19.3 Å². The van der Waals surface area contributed by atoms with Crippen molar-refractivity contribution in [2.75, 3.05) is 0 Å². The molecule has 28 heavy (non-hydrogen) atoms. The standard InChI is InChI=1S/C22H33N5O/c1-5-27-18(4)21(17(3)25-27)16(2)24-22(28)26(20-11-7-6-8-12-20)15-19-10-9-13-23-14-19/h9-10,13-14,16,20H,5-8,11-12,15H2,1-4H3,(H,24,28)/t16-/m1/s1. The van der Waals surface area contributed by atoms with Crippen LogP contribution < -0.4 is 5.32 Å². The lowest BCUT2D eigenvalue weighted by atomic mass is 9.94. The highest BCUT2D eigenvalue weighted by Gasteiger charge is 2.28. The van der Waals surface area contributed by atoms with Crippen molar-refractivity contribution in [2.45, 2.75) is 85.0 Å². The quantitative estimate of drug-likeness (QED) is 0.798. The first-order valence-corrected chi connectivity index (χ1v) is 10.5. The molecule has 1 N–H and O–H groups in total. The van der Waals surface area contributed by atoms with Crippen molar-refractivity contribution in [1.29, 1.82) is 0 Å². The number of aromatic nitrogens is 3. The Hall–Kier alpha value is -2.37. The van der Waals surface area contributed by atoms with Crippen molar-refractivity contribution in [3.63, 3.8) is 0 Å². The second-order valence-electron chi connectivity index (χ2n) is 7.85. The minimum absolute atomic E-state index is 0.00583. The molecule has 1 fully saturated rings. The second kappa shape index (κ2) is 9.22. The largest absolute Gasteiger partial charge is 0.331 e. The predicted molar refractivity (Wildman–Crippen MR) is 111 cm³/mol. The van der Waals surface area contributed by atoms with Crippen LogP contribution in [-0.2, 0) is 13.1 Å². The summed E-state index contributed by atoms with van der Waals surface area (Å²) < 4.78 is 2.00. The normalized spacial score (nSPS) is 16.0. The molecule has 1 aliphatic rings. The lowest BCUT2D eigenvalue weighted by molar-refractivity contribution is 0.148. The summed E-state index contributed by atoms with van der Waals surface area (Å²) in [5, 5.41) is 7.85. The van der Waals surface area contributed by atoms with E-state index in [0.29, 0.717) is 12.6 Å². The summed E-state index contributed by atoms with van der Waals surface area (Å²) in [6.07, 6.45) is 9.43. The summed E-state index contributed by atoms with van der Waals surface area (Å²) in [5.74, 6) is 0. The fourth-order valence-corrected chi connectivity index (χ4v) is 4.43. The molecule has 0 bridgehead atoms. The molecule has 6 heteroatoms. The van der Waals surface area contributed by atoms with Crippen LogP contribution >= 0.6 is 0 Å². The van der Waals surface area contributed by atoms with Crippen LogP contribution in [0.4, 0.5) is 4.79 Å². The number of urea groups is 1. The minimum atomic E-state index is -0.0761. The Morgan fingerprint density at radius 1 is 1.32 bits per heavy atom. The Labute approximate surface area is 168 Å². The Bertz CT molecular complexity index is 780. The van der Waals surface area contributed by atoms with Crippen LogP contribution in [0.5, 0.6) is 0 Å². The molecule has 2 amide bonds. The van der Waals surface area contributed by atoms with Crippen molar-refractivity contribution in [3.8, 4) is 0 Å². The van der Waals surface area contributed by atoms with E-state index in [1.807, 2.05) is 34.8 Å². The number of aryl methyl sites for hydroxylation is 2. The molecule has 1 saturated carbocycles. The SMILES string of the molecule is CCn1nc(C)c([C@@H](C)NC(=O)N(Cc2cccnc2)C2CCCCC2)c1C. The smallest absolute Gasteiger partial charge is 0.318 e. The first-order valence-electron chi connectivity index (χ1n) is 10.5. The fourth-order valence-electron chi connectivity index (χ4n) is 4.43.